The van der Waals surface area contributed by atoms with Crippen LogP contribution in [0.5, 0.6) is 5.75 Å². The Hall–Kier alpha value is -2.27. The van der Waals surface area contributed by atoms with Crippen LogP contribution in [-0.4, -0.2) is 36.1 Å². The predicted molar refractivity (Wildman–Crippen MR) is 80.7 cm³/mol. The highest BCUT2D eigenvalue weighted by Crippen LogP contribution is 2.33. The summed E-state index contributed by atoms with van der Waals surface area (Å²) in [5.41, 5.74) is -0.293. The lowest BCUT2D eigenvalue weighted by molar-refractivity contribution is -0.0298. The highest BCUT2D eigenvalue weighted by atomic mass is 16.5. The number of nitrogens with zero attached hydrogens (tertiary/aromatic N) is 1. The predicted octanol–water partition coefficient (Wildman–Crippen LogP) is 2.41. The maximum atomic E-state index is 12.4. The van der Waals surface area contributed by atoms with Gasteiger partial charge in [-0.2, -0.15) is 0 Å². The molecule has 2 heterocycles. The third kappa shape index (κ3) is 2.72. The molecule has 5 nitrogen and oxygen atoms in total. The normalized spacial score (nSPS) is 21.6. The first kappa shape index (κ1) is 14.7. The number of furan rings is 1. The Bertz CT molecular complexity index is 652. The van der Waals surface area contributed by atoms with Gasteiger partial charge in [-0.15, -0.1) is 0 Å². The summed E-state index contributed by atoms with van der Waals surface area (Å²) in [6, 6.07) is 10.7. The molecule has 5 heteroatoms. The summed E-state index contributed by atoms with van der Waals surface area (Å²) < 4.78 is 10.4. The van der Waals surface area contributed by atoms with E-state index in [0.717, 1.165) is 12.0 Å². The van der Waals surface area contributed by atoms with Crippen molar-refractivity contribution in [3.05, 3.63) is 54.0 Å². The molecule has 1 fully saturated rings. The summed E-state index contributed by atoms with van der Waals surface area (Å²) in [6.07, 6.45) is 2.83. The summed E-state index contributed by atoms with van der Waals surface area (Å²) in [5, 5.41) is 11.0. The largest absolute Gasteiger partial charge is 0.497 e. The molecule has 3 rings (SSSR count). The van der Waals surface area contributed by atoms with E-state index in [1.54, 1.807) is 24.1 Å². The molecule has 0 aliphatic carbocycles. The van der Waals surface area contributed by atoms with Gasteiger partial charge in [0.05, 0.1) is 19.9 Å². The van der Waals surface area contributed by atoms with Gasteiger partial charge in [0.2, 0.25) is 0 Å². The molecule has 1 aliphatic heterocycles. The van der Waals surface area contributed by atoms with E-state index >= 15 is 0 Å². The van der Waals surface area contributed by atoms with Gasteiger partial charge in [0, 0.05) is 6.54 Å². The maximum Gasteiger partial charge on any atom is 0.289 e. The molecule has 0 bridgehead atoms. The van der Waals surface area contributed by atoms with Gasteiger partial charge in [0.15, 0.2) is 5.76 Å². The van der Waals surface area contributed by atoms with Gasteiger partial charge in [-0.1, -0.05) is 12.1 Å². The van der Waals surface area contributed by atoms with Crippen molar-refractivity contribution in [2.24, 2.45) is 0 Å². The van der Waals surface area contributed by atoms with E-state index in [2.05, 4.69) is 0 Å². The number of methoxy groups -OCH3 is 1. The third-order valence-corrected chi connectivity index (χ3v) is 4.10. The van der Waals surface area contributed by atoms with Crippen molar-refractivity contribution in [3.8, 4) is 5.75 Å². The fourth-order valence-corrected chi connectivity index (χ4v) is 2.91. The van der Waals surface area contributed by atoms with E-state index in [-0.39, 0.29) is 12.5 Å². The zero-order chi connectivity index (χ0) is 15.6. The molecule has 1 atom stereocenters. The molecule has 0 saturated carbocycles. The number of amides is 1. The number of aliphatic hydroxyl groups is 1. The molecular formula is C17H19NO4. The summed E-state index contributed by atoms with van der Waals surface area (Å²) in [4.78, 5) is 14.0. The van der Waals surface area contributed by atoms with Gasteiger partial charge in [-0.25, -0.2) is 0 Å². The average molecular weight is 301 g/mol. The van der Waals surface area contributed by atoms with Gasteiger partial charge in [-0.3, -0.25) is 4.79 Å². The molecule has 1 N–H and O–H groups in total. The van der Waals surface area contributed by atoms with E-state index in [4.69, 9.17) is 9.15 Å². The molecule has 2 aromatic rings. The first-order chi connectivity index (χ1) is 10.6. The van der Waals surface area contributed by atoms with Crippen molar-refractivity contribution in [2.75, 3.05) is 20.2 Å². The zero-order valence-electron chi connectivity index (χ0n) is 12.5. The van der Waals surface area contributed by atoms with Crippen LogP contribution in [0.4, 0.5) is 0 Å². The summed E-state index contributed by atoms with van der Waals surface area (Å²) in [7, 11) is 1.59. The molecule has 1 aromatic carbocycles. The number of carbonyl (C=O) groups excluding carboxylic acids is 1. The highest BCUT2D eigenvalue weighted by molar-refractivity contribution is 5.91. The minimum atomic E-state index is -1.06. The zero-order valence-corrected chi connectivity index (χ0v) is 12.5. The molecule has 22 heavy (non-hydrogen) atoms. The fraction of sp³-hybridized carbons (Fsp3) is 0.353. The number of hydrogen-bond acceptors (Lipinski definition) is 4. The smallest absolute Gasteiger partial charge is 0.289 e. The molecule has 1 unspecified atom stereocenters. The van der Waals surface area contributed by atoms with Crippen molar-refractivity contribution in [2.45, 2.75) is 18.4 Å². The Morgan fingerprint density at radius 1 is 1.36 bits per heavy atom. The van der Waals surface area contributed by atoms with E-state index in [1.807, 2.05) is 24.3 Å². The first-order valence-corrected chi connectivity index (χ1v) is 7.32. The second-order valence-electron chi connectivity index (χ2n) is 5.57. The number of ether oxygens (including phenoxy) is 1. The van der Waals surface area contributed by atoms with E-state index in [1.165, 1.54) is 6.26 Å². The van der Waals surface area contributed by atoms with Gasteiger partial charge in [0.1, 0.15) is 11.4 Å². The third-order valence-electron chi connectivity index (χ3n) is 4.10. The summed E-state index contributed by atoms with van der Waals surface area (Å²) in [6.45, 7) is 0.867. The van der Waals surface area contributed by atoms with Crippen LogP contribution < -0.4 is 4.74 Å². The van der Waals surface area contributed by atoms with Crippen LogP contribution in [0.25, 0.3) is 0 Å². The minimum absolute atomic E-state index is 0.189. The number of hydrogen-bond donors (Lipinski definition) is 1. The van der Waals surface area contributed by atoms with Crippen molar-refractivity contribution in [1.29, 1.82) is 0 Å². The lowest BCUT2D eigenvalue weighted by Gasteiger charge is -2.39. The van der Waals surface area contributed by atoms with Crippen LogP contribution in [-0.2, 0) is 5.60 Å². The molecule has 1 saturated heterocycles. The second-order valence-corrected chi connectivity index (χ2v) is 5.57. The van der Waals surface area contributed by atoms with E-state index in [0.29, 0.717) is 24.5 Å². The first-order valence-electron chi connectivity index (χ1n) is 7.32. The topological polar surface area (TPSA) is 62.9 Å². The molecule has 0 spiro atoms. The van der Waals surface area contributed by atoms with Crippen molar-refractivity contribution in [3.63, 3.8) is 0 Å². The Morgan fingerprint density at radius 2 is 2.23 bits per heavy atom. The van der Waals surface area contributed by atoms with Gasteiger partial charge in [-0.05, 0) is 42.7 Å². The number of piperidine rings is 1. The number of rotatable bonds is 3. The number of benzene rings is 1. The lowest BCUT2D eigenvalue weighted by Crippen LogP contribution is -2.48. The van der Waals surface area contributed by atoms with Crippen molar-refractivity contribution in [1.82, 2.24) is 4.90 Å². The monoisotopic (exact) mass is 301 g/mol. The average Bonchev–Trinajstić information content (AvgIpc) is 3.09. The van der Waals surface area contributed by atoms with Crippen molar-refractivity contribution >= 4 is 5.91 Å². The molecule has 1 aliphatic rings. The molecule has 1 aromatic heterocycles. The minimum Gasteiger partial charge on any atom is -0.497 e. The molecule has 0 radical (unpaired) electrons. The standard InChI is InChI=1S/C17H19NO4/c1-21-14-6-2-5-13(11-14)17(20)8-4-9-18(12-17)16(19)15-7-3-10-22-15/h2-3,5-7,10-11,20H,4,8-9,12H2,1H3. The number of carbonyl (C=O) groups is 1. The van der Waals surface area contributed by atoms with Crippen LogP contribution in [0.3, 0.4) is 0 Å². The van der Waals surface area contributed by atoms with Crippen LogP contribution >= 0.6 is 0 Å². The Morgan fingerprint density at radius 3 is 2.95 bits per heavy atom. The lowest BCUT2D eigenvalue weighted by atomic mass is 9.85. The highest BCUT2D eigenvalue weighted by Gasteiger charge is 2.37. The van der Waals surface area contributed by atoms with Crippen LogP contribution in [0.1, 0.15) is 29.0 Å². The Labute approximate surface area is 129 Å². The van der Waals surface area contributed by atoms with Crippen LogP contribution in [0, 0.1) is 0 Å². The Kier molecular flexibility index (Phi) is 3.90. The van der Waals surface area contributed by atoms with Gasteiger partial charge < -0.3 is 19.2 Å². The molecule has 1 amide bonds. The fourth-order valence-electron chi connectivity index (χ4n) is 2.91. The van der Waals surface area contributed by atoms with Gasteiger partial charge in [0.25, 0.3) is 5.91 Å². The quantitative estimate of drug-likeness (QED) is 0.945. The van der Waals surface area contributed by atoms with Crippen molar-refractivity contribution < 1.29 is 19.1 Å². The van der Waals surface area contributed by atoms with Gasteiger partial charge >= 0.3 is 0 Å². The van der Waals surface area contributed by atoms with E-state index in [9.17, 15) is 9.90 Å². The number of β-amino-alcohol motifs (C(OH)–C–C–N with tert-alkyl or cyclic N) is 1. The van der Waals surface area contributed by atoms with Crippen LogP contribution in [0.15, 0.2) is 47.1 Å². The second kappa shape index (κ2) is 5.85. The number of likely N-dealkylation sites (tertiary alicyclic amines) is 1. The summed E-state index contributed by atoms with van der Waals surface area (Å²) >= 11 is 0. The van der Waals surface area contributed by atoms with E-state index < -0.39 is 5.60 Å². The SMILES string of the molecule is COc1cccc(C2(O)CCCN(C(=O)c3ccco3)C2)c1. The summed E-state index contributed by atoms with van der Waals surface area (Å²) in [5.74, 6) is 0.807. The molecule has 116 valence electrons. The Balaban J connectivity index is 1.83. The maximum absolute atomic E-state index is 12.4. The van der Waals surface area contributed by atoms with Crippen LogP contribution in [0.2, 0.25) is 0 Å². The molecular weight excluding hydrogens is 282 g/mol.